The summed E-state index contributed by atoms with van der Waals surface area (Å²) in [7, 11) is 0. The number of imide groups is 1. The number of carboxylic acid groups (broad SMARTS) is 1. The highest BCUT2D eigenvalue weighted by Crippen LogP contribution is 2.13. The average Bonchev–Trinajstić information content (AvgIpc) is 2.33. The smallest absolute Gasteiger partial charge is 0.329 e. The first-order chi connectivity index (χ1) is 9.38. The highest BCUT2D eigenvalue weighted by Gasteiger charge is 2.09. The van der Waals surface area contributed by atoms with E-state index in [1.165, 1.54) is 0 Å². The van der Waals surface area contributed by atoms with Gasteiger partial charge in [-0.05, 0) is 37.1 Å². The Labute approximate surface area is 115 Å². The van der Waals surface area contributed by atoms with E-state index in [-0.39, 0.29) is 0 Å². The van der Waals surface area contributed by atoms with Crippen LogP contribution in [0, 0.1) is 13.8 Å². The molecule has 0 heterocycles. The fourth-order valence-electron chi connectivity index (χ4n) is 1.38. The van der Waals surface area contributed by atoms with Crippen molar-refractivity contribution < 1.29 is 24.2 Å². The molecule has 0 spiro atoms. The molecular weight excluding hydrogens is 264 g/mol. The molecule has 0 saturated heterocycles. The third-order valence-electron chi connectivity index (χ3n) is 2.48. The van der Waals surface area contributed by atoms with Gasteiger partial charge in [-0.3, -0.25) is 10.1 Å². The van der Waals surface area contributed by atoms with E-state index in [0.29, 0.717) is 5.69 Å². The number of aliphatic carboxylic acids is 1. The van der Waals surface area contributed by atoms with Gasteiger partial charge in [0.05, 0.1) is 0 Å². The number of carboxylic acids is 1. The van der Waals surface area contributed by atoms with E-state index in [0.717, 1.165) is 11.1 Å². The summed E-state index contributed by atoms with van der Waals surface area (Å²) in [6.07, 6.45) is 0. The molecule has 0 fully saturated rings. The molecule has 0 atom stereocenters. The van der Waals surface area contributed by atoms with Crippen molar-refractivity contribution in [3.8, 4) is 0 Å². The molecule has 7 heteroatoms. The zero-order valence-electron chi connectivity index (χ0n) is 11.2. The quantitative estimate of drug-likeness (QED) is 0.747. The molecule has 1 rings (SSSR count). The van der Waals surface area contributed by atoms with Crippen LogP contribution in [-0.2, 0) is 14.3 Å². The van der Waals surface area contributed by atoms with Crippen molar-refractivity contribution in [2.45, 2.75) is 13.8 Å². The number of amides is 3. The van der Waals surface area contributed by atoms with Gasteiger partial charge in [-0.15, -0.1) is 0 Å². The minimum atomic E-state index is -1.18. The molecule has 0 unspecified atom stereocenters. The number of anilines is 1. The van der Waals surface area contributed by atoms with Crippen LogP contribution in [0.3, 0.4) is 0 Å². The van der Waals surface area contributed by atoms with Crippen molar-refractivity contribution in [1.29, 1.82) is 0 Å². The first-order valence-electron chi connectivity index (χ1n) is 5.86. The first kappa shape index (κ1) is 15.6. The highest BCUT2D eigenvalue weighted by atomic mass is 16.5. The summed E-state index contributed by atoms with van der Waals surface area (Å²) in [4.78, 5) is 32.9. The van der Waals surface area contributed by atoms with E-state index in [9.17, 15) is 14.4 Å². The molecule has 0 aliphatic rings. The Bertz CT molecular complexity index is 527. The number of benzene rings is 1. The number of carbonyl (C=O) groups excluding carboxylic acids is 2. The molecule has 0 radical (unpaired) electrons. The Morgan fingerprint density at radius 2 is 1.85 bits per heavy atom. The van der Waals surface area contributed by atoms with Gasteiger partial charge < -0.3 is 15.2 Å². The summed E-state index contributed by atoms with van der Waals surface area (Å²) >= 11 is 0. The molecule has 3 N–H and O–H groups in total. The maximum absolute atomic E-state index is 11.5. The fraction of sp³-hybridized carbons (Fsp3) is 0.308. The van der Waals surface area contributed by atoms with Gasteiger partial charge in [-0.1, -0.05) is 6.07 Å². The summed E-state index contributed by atoms with van der Waals surface area (Å²) in [6.45, 7) is 2.77. The van der Waals surface area contributed by atoms with Crippen LogP contribution in [0.5, 0.6) is 0 Å². The standard InChI is InChI=1S/C13H16N2O5/c1-8-3-4-10(5-9(8)2)14-13(19)15-11(16)6-20-7-12(17)18/h3-5H,6-7H2,1-2H3,(H,17,18)(H2,14,15,16,19). The molecular formula is C13H16N2O5. The Hall–Kier alpha value is -2.41. The van der Waals surface area contributed by atoms with Crippen LogP contribution in [0.1, 0.15) is 11.1 Å². The third kappa shape index (κ3) is 5.49. The second-order valence-corrected chi connectivity index (χ2v) is 4.19. The number of hydrogen-bond donors (Lipinski definition) is 3. The van der Waals surface area contributed by atoms with Crippen LogP contribution < -0.4 is 10.6 Å². The van der Waals surface area contributed by atoms with Crippen molar-refractivity contribution >= 4 is 23.6 Å². The monoisotopic (exact) mass is 280 g/mol. The fourth-order valence-corrected chi connectivity index (χ4v) is 1.38. The van der Waals surface area contributed by atoms with Gasteiger partial charge in [-0.25, -0.2) is 9.59 Å². The highest BCUT2D eigenvalue weighted by molar-refractivity contribution is 6.01. The van der Waals surface area contributed by atoms with E-state index in [1.54, 1.807) is 12.1 Å². The Balaban J connectivity index is 2.41. The molecule has 1 aromatic rings. The van der Waals surface area contributed by atoms with Gasteiger partial charge in [0.2, 0.25) is 0 Å². The lowest BCUT2D eigenvalue weighted by molar-refractivity contribution is -0.143. The largest absolute Gasteiger partial charge is 0.480 e. The van der Waals surface area contributed by atoms with Gasteiger partial charge in [0, 0.05) is 5.69 Å². The second-order valence-electron chi connectivity index (χ2n) is 4.19. The zero-order chi connectivity index (χ0) is 15.1. The lowest BCUT2D eigenvalue weighted by Crippen LogP contribution is -2.37. The van der Waals surface area contributed by atoms with Crippen LogP contribution in [0.25, 0.3) is 0 Å². The van der Waals surface area contributed by atoms with Gasteiger partial charge in [-0.2, -0.15) is 0 Å². The minimum Gasteiger partial charge on any atom is -0.480 e. The molecule has 20 heavy (non-hydrogen) atoms. The molecule has 0 aliphatic heterocycles. The molecule has 0 aromatic heterocycles. The van der Waals surface area contributed by atoms with Crippen LogP contribution in [0.2, 0.25) is 0 Å². The number of ether oxygens (including phenoxy) is 1. The van der Waals surface area contributed by atoms with E-state index in [1.807, 2.05) is 25.2 Å². The summed E-state index contributed by atoms with van der Waals surface area (Å²) in [5.41, 5.74) is 2.66. The maximum atomic E-state index is 11.5. The van der Waals surface area contributed by atoms with E-state index in [4.69, 9.17) is 5.11 Å². The normalized spacial score (nSPS) is 9.90. The Morgan fingerprint density at radius 1 is 1.15 bits per heavy atom. The topological polar surface area (TPSA) is 105 Å². The number of nitrogens with one attached hydrogen (secondary N) is 2. The van der Waals surface area contributed by atoms with Crippen LogP contribution in [-0.4, -0.2) is 36.2 Å². The van der Waals surface area contributed by atoms with E-state index >= 15 is 0 Å². The zero-order valence-corrected chi connectivity index (χ0v) is 11.2. The average molecular weight is 280 g/mol. The van der Waals surface area contributed by atoms with Crippen LogP contribution in [0.15, 0.2) is 18.2 Å². The molecule has 0 saturated carbocycles. The number of hydrogen-bond acceptors (Lipinski definition) is 4. The molecule has 0 aliphatic carbocycles. The van der Waals surface area contributed by atoms with Gasteiger partial charge in [0.25, 0.3) is 5.91 Å². The Morgan fingerprint density at radius 3 is 2.45 bits per heavy atom. The molecule has 7 nitrogen and oxygen atoms in total. The lowest BCUT2D eigenvalue weighted by Gasteiger charge is -2.08. The SMILES string of the molecule is Cc1ccc(NC(=O)NC(=O)COCC(=O)O)cc1C. The van der Waals surface area contributed by atoms with Gasteiger partial charge in [0.1, 0.15) is 13.2 Å². The lowest BCUT2D eigenvalue weighted by atomic mass is 10.1. The van der Waals surface area contributed by atoms with Crippen molar-refractivity contribution in [3.05, 3.63) is 29.3 Å². The summed E-state index contributed by atoms with van der Waals surface area (Å²) < 4.78 is 4.55. The van der Waals surface area contributed by atoms with Crippen LogP contribution in [0.4, 0.5) is 10.5 Å². The van der Waals surface area contributed by atoms with Crippen molar-refractivity contribution in [2.24, 2.45) is 0 Å². The predicted molar refractivity (Wildman–Crippen MR) is 71.5 cm³/mol. The van der Waals surface area contributed by atoms with Crippen LogP contribution >= 0.6 is 0 Å². The van der Waals surface area contributed by atoms with Gasteiger partial charge in [0.15, 0.2) is 0 Å². The maximum Gasteiger partial charge on any atom is 0.329 e. The summed E-state index contributed by atoms with van der Waals surface area (Å²) in [5, 5.41) is 12.8. The van der Waals surface area contributed by atoms with E-state index < -0.39 is 31.1 Å². The van der Waals surface area contributed by atoms with Crippen molar-refractivity contribution in [2.75, 3.05) is 18.5 Å². The third-order valence-corrected chi connectivity index (χ3v) is 2.48. The summed E-state index contributed by atoms with van der Waals surface area (Å²) in [5.74, 6) is -1.90. The first-order valence-corrected chi connectivity index (χ1v) is 5.86. The van der Waals surface area contributed by atoms with Crippen molar-refractivity contribution in [1.82, 2.24) is 5.32 Å². The number of urea groups is 1. The Kier molecular flexibility index (Phi) is 5.67. The second kappa shape index (κ2) is 7.25. The van der Waals surface area contributed by atoms with Gasteiger partial charge >= 0.3 is 12.0 Å². The molecule has 1 aromatic carbocycles. The number of carbonyl (C=O) groups is 3. The molecule has 0 bridgehead atoms. The molecule has 108 valence electrons. The summed E-state index contributed by atoms with van der Waals surface area (Å²) in [6, 6.07) is 4.65. The number of rotatable bonds is 5. The number of aryl methyl sites for hydroxylation is 2. The van der Waals surface area contributed by atoms with E-state index in [2.05, 4.69) is 10.1 Å². The molecule has 3 amide bonds. The van der Waals surface area contributed by atoms with Crippen molar-refractivity contribution in [3.63, 3.8) is 0 Å². The minimum absolute atomic E-state index is 0.493. The predicted octanol–water partition coefficient (Wildman–Crippen LogP) is 1.05.